The van der Waals surface area contributed by atoms with E-state index in [1.165, 1.54) is 11.8 Å². The third kappa shape index (κ3) is 5.59. The molecule has 3 aromatic rings. The summed E-state index contributed by atoms with van der Waals surface area (Å²) in [5.41, 5.74) is 2.53. The zero-order valence-electron chi connectivity index (χ0n) is 15.6. The number of benzene rings is 3. The summed E-state index contributed by atoms with van der Waals surface area (Å²) >= 11 is 3.09. The highest BCUT2D eigenvalue weighted by molar-refractivity contribution is 8.31. The lowest BCUT2D eigenvalue weighted by Gasteiger charge is -2.22. The molecule has 1 aliphatic heterocycles. The van der Waals surface area contributed by atoms with E-state index >= 15 is 0 Å². The summed E-state index contributed by atoms with van der Waals surface area (Å²) in [7, 11) is 0. The number of rotatable bonds is 5. The van der Waals surface area contributed by atoms with Crippen molar-refractivity contribution in [2.75, 3.05) is 5.32 Å². The summed E-state index contributed by atoms with van der Waals surface area (Å²) in [5.74, 6) is 0.121. The number of anilines is 1. The number of hydrogen-bond acceptors (Lipinski definition) is 5. The van der Waals surface area contributed by atoms with E-state index in [0.29, 0.717) is 11.6 Å². The monoisotopic (exact) mass is 417 g/mol. The third-order valence-corrected chi connectivity index (χ3v) is 6.38. The molecule has 144 valence electrons. The minimum atomic E-state index is -0.00567. The van der Waals surface area contributed by atoms with E-state index < -0.39 is 0 Å². The highest BCUT2D eigenvalue weighted by Crippen LogP contribution is 2.36. The van der Waals surface area contributed by atoms with E-state index in [1.807, 2.05) is 91.0 Å². The first kappa shape index (κ1) is 19.5. The van der Waals surface area contributed by atoms with Gasteiger partial charge in [-0.05, 0) is 24.3 Å². The van der Waals surface area contributed by atoms with Crippen LogP contribution in [0.2, 0.25) is 0 Å². The maximum Gasteiger partial charge on any atom is 0.191 e. The number of aliphatic imine (C=N–C) groups is 2. The van der Waals surface area contributed by atoms with Crippen molar-refractivity contribution in [1.82, 2.24) is 0 Å². The van der Waals surface area contributed by atoms with Crippen molar-refractivity contribution >= 4 is 51.0 Å². The first-order valence-corrected chi connectivity index (χ1v) is 11.0. The van der Waals surface area contributed by atoms with Crippen LogP contribution in [0.1, 0.15) is 16.8 Å². The number of hydrogen-bond donors (Lipinski definition) is 1. The Bertz CT molecular complexity index is 1020. The lowest BCUT2D eigenvalue weighted by molar-refractivity contribution is 0.0987. The van der Waals surface area contributed by atoms with E-state index in [2.05, 4.69) is 15.3 Å². The molecule has 0 saturated carbocycles. The van der Waals surface area contributed by atoms with Gasteiger partial charge in [-0.25, -0.2) is 4.99 Å². The number of carbonyl (C=O) groups excluding carboxylic acids is 1. The Morgan fingerprint density at radius 2 is 1.48 bits per heavy atom. The van der Waals surface area contributed by atoms with Gasteiger partial charge in [0.15, 0.2) is 16.1 Å². The highest BCUT2D eigenvalue weighted by Gasteiger charge is 2.26. The van der Waals surface area contributed by atoms with Crippen LogP contribution in [0.4, 0.5) is 11.4 Å². The average molecular weight is 418 g/mol. The summed E-state index contributed by atoms with van der Waals surface area (Å²) in [4.78, 5) is 22.1. The van der Waals surface area contributed by atoms with Gasteiger partial charge < -0.3 is 5.32 Å². The molecular formula is C23H19N3OS2. The summed E-state index contributed by atoms with van der Waals surface area (Å²) < 4.78 is -0.00567. The topological polar surface area (TPSA) is 53.8 Å². The smallest absolute Gasteiger partial charge is 0.191 e. The van der Waals surface area contributed by atoms with Crippen LogP contribution in [0, 0.1) is 0 Å². The van der Waals surface area contributed by atoms with Crippen LogP contribution in [-0.2, 0) is 0 Å². The fraction of sp³-hybridized carbons (Fsp3) is 0.0870. The number of carbonyl (C=O) groups is 1. The Hall–Kier alpha value is -2.83. The molecule has 0 bridgehead atoms. The van der Waals surface area contributed by atoms with Crippen LogP contribution in [0.3, 0.4) is 0 Å². The van der Waals surface area contributed by atoms with Crippen molar-refractivity contribution in [2.24, 2.45) is 9.98 Å². The van der Waals surface area contributed by atoms with Gasteiger partial charge in [0.05, 0.1) is 10.3 Å². The molecule has 0 aliphatic carbocycles. The predicted molar refractivity (Wildman–Crippen MR) is 125 cm³/mol. The molecule has 1 aliphatic rings. The van der Waals surface area contributed by atoms with Gasteiger partial charge in [0.1, 0.15) is 0 Å². The van der Waals surface area contributed by atoms with Crippen LogP contribution < -0.4 is 5.32 Å². The predicted octanol–water partition coefficient (Wildman–Crippen LogP) is 6.22. The van der Waals surface area contributed by atoms with Crippen LogP contribution in [-0.4, -0.2) is 20.7 Å². The first-order chi connectivity index (χ1) is 14.3. The normalized spacial score (nSPS) is 17.6. The average Bonchev–Trinajstić information content (AvgIpc) is 2.76. The van der Waals surface area contributed by atoms with Gasteiger partial charge in [0, 0.05) is 17.7 Å². The Balaban J connectivity index is 1.56. The van der Waals surface area contributed by atoms with E-state index in [1.54, 1.807) is 11.8 Å². The highest BCUT2D eigenvalue weighted by atomic mass is 32.2. The molecule has 0 aromatic heterocycles. The molecule has 6 heteroatoms. The third-order valence-electron chi connectivity index (χ3n) is 4.13. The van der Waals surface area contributed by atoms with Gasteiger partial charge in [-0.3, -0.25) is 4.79 Å². The SMILES string of the molecule is O=C(CC1SC(=Nc2ccccc2)N=C(Nc2ccccc2)S1)c1ccccc1. The minimum absolute atomic E-state index is 0.00567. The van der Waals surface area contributed by atoms with Crippen LogP contribution in [0.15, 0.2) is 101 Å². The van der Waals surface area contributed by atoms with Gasteiger partial charge in [-0.15, -0.1) is 0 Å². The maximum absolute atomic E-state index is 12.7. The van der Waals surface area contributed by atoms with E-state index in [0.717, 1.165) is 22.1 Å². The van der Waals surface area contributed by atoms with Crippen molar-refractivity contribution in [2.45, 2.75) is 11.0 Å². The summed E-state index contributed by atoms with van der Waals surface area (Å²) in [6, 6.07) is 29.1. The Morgan fingerprint density at radius 1 is 0.862 bits per heavy atom. The molecule has 1 unspecified atom stereocenters. The zero-order chi connectivity index (χ0) is 19.9. The molecular weight excluding hydrogens is 398 g/mol. The number of amidine groups is 2. The Kier molecular flexibility index (Phi) is 6.44. The van der Waals surface area contributed by atoms with Crippen LogP contribution >= 0.6 is 23.5 Å². The molecule has 0 amide bonds. The summed E-state index contributed by atoms with van der Waals surface area (Å²) in [6.45, 7) is 0. The van der Waals surface area contributed by atoms with Crippen LogP contribution in [0.5, 0.6) is 0 Å². The fourth-order valence-corrected chi connectivity index (χ4v) is 5.10. The second-order valence-electron chi connectivity index (χ2n) is 6.30. The molecule has 4 nitrogen and oxygen atoms in total. The number of nitrogens with zero attached hydrogens (tertiary/aromatic N) is 2. The lowest BCUT2D eigenvalue weighted by Crippen LogP contribution is -2.21. The van der Waals surface area contributed by atoms with Crippen LogP contribution in [0.25, 0.3) is 0 Å². The molecule has 1 atom stereocenters. The molecule has 0 radical (unpaired) electrons. The lowest BCUT2D eigenvalue weighted by atomic mass is 10.1. The Labute approximate surface area is 178 Å². The van der Waals surface area contributed by atoms with Crippen molar-refractivity contribution in [3.8, 4) is 0 Å². The second kappa shape index (κ2) is 9.58. The van der Waals surface area contributed by atoms with Gasteiger partial charge in [-0.1, -0.05) is 90.3 Å². The number of Topliss-reactive ketones (excluding diaryl/α,β-unsaturated/α-hetero) is 1. The summed E-state index contributed by atoms with van der Waals surface area (Å²) in [6.07, 6.45) is 0.405. The van der Waals surface area contributed by atoms with Gasteiger partial charge in [-0.2, -0.15) is 4.99 Å². The second-order valence-corrected chi connectivity index (χ2v) is 8.96. The molecule has 0 saturated heterocycles. The van der Waals surface area contributed by atoms with E-state index in [-0.39, 0.29) is 10.4 Å². The van der Waals surface area contributed by atoms with Crippen molar-refractivity contribution in [1.29, 1.82) is 0 Å². The minimum Gasteiger partial charge on any atom is -0.335 e. The fourth-order valence-electron chi connectivity index (χ4n) is 2.75. The number of nitrogens with one attached hydrogen (secondary N) is 1. The van der Waals surface area contributed by atoms with Crippen molar-refractivity contribution in [3.05, 3.63) is 96.6 Å². The van der Waals surface area contributed by atoms with Gasteiger partial charge in [0.2, 0.25) is 0 Å². The van der Waals surface area contributed by atoms with Crippen molar-refractivity contribution in [3.63, 3.8) is 0 Å². The molecule has 29 heavy (non-hydrogen) atoms. The molecule has 1 N–H and O–H groups in total. The quantitative estimate of drug-likeness (QED) is 0.501. The Morgan fingerprint density at radius 3 is 2.17 bits per heavy atom. The van der Waals surface area contributed by atoms with E-state index in [4.69, 9.17) is 0 Å². The largest absolute Gasteiger partial charge is 0.335 e. The van der Waals surface area contributed by atoms with Gasteiger partial charge >= 0.3 is 0 Å². The molecule has 1 heterocycles. The zero-order valence-corrected chi connectivity index (χ0v) is 17.2. The summed E-state index contributed by atoms with van der Waals surface area (Å²) in [5, 5.41) is 4.75. The number of thioether (sulfide) groups is 2. The molecule has 0 fully saturated rings. The van der Waals surface area contributed by atoms with Gasteiger partial charge in [0.25, 0.3) is 0 Å². The number of ketones is 1. The number of para-hydroxylation sites is 2. The molecule has 3 aromatic carbocycles. The molecule has 0 spiro atoms. The van der Waals surface area contributed by atoms with E-state index in [9.17, 15) is 4.79 Å². The molecule has 4 rings (SSSR count). The maximum atomic E-state index is 12.7. The first-order valence-electron chi connectivity index (χ1n) is 9.22. The standard InChI is InChI=1S/C23H19N3OS2/c27-20(17-10-4-1-5-11-17)16-21-28-22(24-18-12-6-2-7-13-18)26-23(29-21)25-19-14-8-3-9-15-19/h1-15,21H,16H2,(H,24,25,26). The van der Waals surface area contributed by atoms with Crippen molar-refractivity contribution < 1.29 is 4.79 Å².